The Kier molecular flexibility index (Phi) is 5.90. The molecule has 88 valence electrons. The third-order valence-corrected chi connectivity index (χ3v) is 2.26. The number of alkyl halides is 1. The van der Waals surface area contributed by atoms with Gasteiger partial charge in [0.1, 0.15) is 0 Å². The maximum absolute atomic E-state index is 11.4. The first kappa shape index (κ1) is 13.0. The van der Waals surface area contributed by atoms with E-state index in [-0.39, 0.29) is 5.91 Å². The summed E-state index contributed by atoms with van der Waals surface area (Å²) >= 11 is 5.50. The second-order valence-corrected chi connectivity index (χ2v) is 3.66. The maximum Gasteiger partial charge on any atom is 0.225 e. The molecule has 4 heteroatoms. The molecule has 1 rings (SSSR count). The minimum absolute atomic E-state index is 0.0704. The lowest BCUT2D eigenvalue weighted by Gasteiger charge is -2.10. The van der Waals surface area contributed by atoms with E-state index in [9.17, 15) is 4.79 Å². The van der Waals surface area contributed by atoms with Crippen molar-refractivity contribution in [1.82, 2.24) is 0 Å². The molecular formula is C12H16ClNO2. The summed E-state index contributed by atoms with van der Waals surface area (Å²) < 4.78 is 5.32. The largest absolute Gasteiger partial charge is 0.377 e. The van der Waals surface area contributed by atoms with Gasteiger partial charge >= 0.3 is 0 Å². The Morgan fingerprint density at radius 1 is 1.44 bits per heavy atom. The third kappa shape index (κ3) is 4.21. The fourth-order valence-corrected chi connectivity index (χ4v) is 1.45. The minimum Gasteiger partial charge on any atom is -0.377 e. The zero-order valence-corrected chi connectivity index (χ0v) is 10.1. The smallest absolute Gasteiger partial charge is 0.225 e. The number of ether oxygens (including phenoxy) is 1. The molecule has 16 heavy (non-hydrogen) atoms. The molecule has 0 radical (unpaired) electrons. The van der Waals surface area contributed by atoms with Crippen LogP contribution in [0.2, 0.25) is 0 Å². The Morgan fingerprint density at radius 2 is 2.19 bits per heavy atom. The topological polar surface area (TPSA) is 38.3 Å². The Morgan fingerprint density at radius 3 is 2.88 bits per heavy atom. The summed E-state index contributed by atoms with van der Waals surface area (Å²) in [6.45, 7) is 3.10. The number of anilines is 1. The number of carbonyl (C=O) groups excluding carboxylic acids is 1. The zero-order valence-electron chi connectivity index (χ0n) is 9.33. The highest BCUT2D eigenvalue weighted by atomic mass is 35.5. The van der Waals surface area contributed by atoms with Crippen molar-refractivity contribution >= 4 is 23.2 Å². The van der Waals surface area contributed by atoms with Gasteiger partial charge in [0.25, 0.3) is 0 Å². The van der Waals surface area contributed by atoms with E-state index < -0.39 is 0 Å². The van der Waals surface area contributed by atoms with Crippen molar-refractivity contribution in [1.29, 1.82) is 0 Å². The van der Waals surface area contributed by atoms with Crippen molar-refractivity contribution in [2.75, 3.05) is 17.8 Å². The van der Waals surface area contributed by atoms with E-state index in [2.05, 4.69) is 5.32 Å². The highest BCUT2D eigenvalue weighted by Crippen LogP contribution is 2.16. The Bertz CT molecular complexity index is 342. The van der Waals surface area contributed by atoms with Crippen LogP contribution in [-0.2, 0) is 16.1 Å². The average molecular weight is 242 g/mol. The van der Waals surface area contributed by atoms with Crippen molar-refractivity contribution in [3.63, 3.8) is 0 Å². The molecule has 0 aliphatic heterocycles. The van der Waals surface area contributed by atoms with Crippen LogP contribution in [0.5, 0.6) is 0 Å². The van der Waals surface area contributed by atoms with Crippen LogP contribution in [0.1, 0.15) is 18.9 Å². The van der Waals surface area contributed by atoms with Crippen LogP contribution >= 0.6 is 11.6 Å². The number of nitrogens with one attached hydrogen (secondary N) is 1. The molecular weight excluding hydrogens is 226 g/mol. The molecule has 1 amide bonds. The van der Waals surface area contributed by atoms with Gasteiger partial charge in [-0.15, -0.1) is 11.6 Å². The second-order valence-electron chi connectivity index (χ2n) is 3.28. The highest BCUT2D eigenvalue weighted by Gasteiger charge is 2.05. The predicted molar refractivity (Wildman–Crippen MR) is 65.7 cm³/mol. The average Bonchev–Trinajstić information content (AvgIpc) is 2.28. The van der Waals surface area contributed by atoms with Gasteiger partial charge in [-0.2, -0.15) is 0 Å². The van der Waals surface area contributed by atoms with Crippen molar-refractivity contribution in [3.05, 3.63) is 29.8 Å². The summed E-state index contributed by atoms with van der Waals surface area (Å²) in [6, 6.07) is 7.60. The van der Waals surface area contributed by atoms with E-state index in [0.29, 0.717) is 25.5 Å². The van der Waals surface area contributed by atoms with Gasteiger partial charge in [-0.25, -0.2) is 0 Å². The van der Waals surface area contributed by atoms with Crippen molar-refractivity contribution < 1.29 is 9.53 Å². The lowest BCUT2D eigenvalue weighted by Crippen LogP contribution is -2.13. The highest BCUT2D eigenvalue weighted by molar-refractivity contribution is 6.19. The Labute approximate surface area is 101 Å². The molecule has 0 aromatic heterocycles. The van der Waals surface area contributed by atoms with Crippen LogP contribution in [0, 0.1) is 0 Å². The maximum atomic E-state index is 11.4. The summed E-state index contributed by atoms with van der Waals surface area (Å²) in [5.74, 6) is 0.262. The molecule has 0 unspecified atom stereocenters. The fourth-order valence-electron chi connectivity index (χ4n) is 1.28. The van der Waals surface area contributed by atoms with E-state index >= 15 is 0 Å². The lowest BCUT2D eigenvalue weighted by molar-refractivity contribution is -0.115. The Balaban J connectivity index is 2.66. The van der Waals surface area contributed by atoms with E-state index in [1.165, 1.54) is 0 Å². The van der Waals surface area contributed by atoms with Gasteiger partial charge in [0.15, 0.2) is 0 Å². The molecule has 0 atom stereocenters. The van der Waals surface area contributed by atoms with Gasteiger partial charge in [-0.1, -0.05) is 18.2 Å². The van der Waals surface area contributed by atoms with Gasteiger partial charge in [-0.3, -0.25) is 4.79 Å². The predicted octanol–water partition coefficient (Wildman–Crippen LogP) is 2.79. The van der Waals surface area contributed by atoms with Crippen LogP contribution < -0.4 is 5.32 Å². The van der Waals surface area contributed by atoms with Crippen LogP contribution in [0.3, 0.4) is 0 Å². The molecule has 0 saturated heterocycles. The first-order chi connectivity index (χ1) is 7.77. The SMILES string of the molecule is CCOCc1ccccc1NC(=O)CCCl. The summed E-state index contributed by atoms with van der Waals surface area (Å²) in [5, 5.41) is 2.82. The summed E-state index contributed by atoms with van der Waals surface area (Å²) in [7, 11) is 0. The van der Waals surface area contributed by atoms with Crippen molar-refractivity contribution in [3.8, 4) is 0 Å². The quantitative estimate of drug-likeness (QED) is 0.778. The van der Waals surface area contributed by atoms with Gasteiger partial charge in [0.05, 0.1) is 6.61 Å². The van der Waals surface area contributed by atoms with Gasteiger partial charge in [-0.05, 0) is 13.0 Å². The monoisotopic (exact) mass is 241 g/mol. The van der Waals surface area contributed by atoms with Gasteiger partial charge in [0, 0.05) is 30.2 Å². The van der Waals surface area contributed by atoms with E-state index in [0.717, 1.165) is 11.3 Å². The van der Waals surface area contributed by atoms with Crippen molar-refractivity contribution in [2.45, 2.75) is 20.0 Å². The number of amides is 1. The first-order valence-corrected chi connectivity index (χ1v) is 5.82. The number of hydrogen-bond donors (Lipinski definition) is 1. The third-order valence-electron chi connectivity index (χ3n) is 2.07. The van der Waals surface area contributed by atoms with E-state index in [1.807, 2.05) is 31.2 Å². The molecule has 0 aliphatic carbocycles. The summed E-state index contributed by atoms with van der Waals surface area (Å²) in [5.41, 5.74) is 1.78. The molecule has 3 nitrogen and oxygen atoms in total. The van der Waals surface area contributed by atoms with Crippen LogP contribution in [-0.4, -0.2) is 18.4 Å². The molecule has 0 bridgehead atoms. The molecule has 0 fully saturated rings. The molecule has 0 saturated carbocycles. The summed E-state index contributed by atoms with van der Waals surface area (Å²) in [4.78, 5) is 11.4. The molecule has 1 aromatic rings. The molecule has 1 N–H and O–H groups in total. The number of halogens is 1. The molecule has 0 heterocycles. The van der Waals surface area contributed by atoms with Gasteiger partial charge in [0.2, 0.25) is 5.91 Å². The van der Waals surface area contributed by atoms with Crippen molar-refractivity contribution in [2.24, 2.45) is 0 Å². The van der Waals surface area contributed by atoms with E-state index in [4.69, 9.17) is 16.3 Å². The number of para-hydroxylation sites is 1. The normalized spacial score (nSPS) is 10.1. The number of rotatable bonds is 6. The Hall–Kier alpha value is -1.06. The van der Waals surface area contributed by atoms with Crippen LogP contribution in [0.4, 0.5) is 5.69 Å². The van der Waals surface area contributed by atoms with Crippen LogP contribution in [0.15, 0.2) is 24.3 Å². The lowest BCUT2D eigenvalue weighted by atomic mass is 10.2. The second kappa shape index (κ2) is 7.25. The number of carbonyl (C=O) groups is 1. The molecule has 0 aliphatic rings. The van der Waals surface area contributed by atoms with Gasteiger partial charge < -0.3 is 10.1 Å². The van der Waals surface area contributed by atoms with E-state index in [1.54, 1.807) is 0 Å². The zero-order chi connectivity index (χ0) is 11.8. The number of benzene rings is 1. The first-order valence-electron chi connectivity index (χ1n) is 5.29. The molecule has 0 spiro atoms. The standard InChI is InChI=1S/C12H16ClNO2/c1-2-16-9-10-5-3-4-6-11(10)14-12(15)7-8-13/h3-6H,2,7-9H2,1H3,(H,14,15). The minimum atomic E-state index is -0.0704. The summed E-state index contributed by atoms with van der Waals surface area (Å²) in [6.07, 6.45) is 0.324. The fraction of sp³-hybridized carbons (Fsp3) is 0.417. The van der Waals surface area contributed by atoms with Crippen LogP contribution in [0.25, 0.3) is 0 Å². The molecule has 1 aromatic carbocycles. The number of hydrogen-bond acceptors (Lipinski definition) is 2.